The molecule has 0 aromatic heterocycles. The molecule has 1 saturated carbocycles. The molecule has 6 nitrogen and oxygen atoms in total. The van der Waals surface area contributed by atoms with Gasteiger partial charge in [0, 0.05) is 11.1 Å². The molecule has 0 radical (unpaired) electrons. The van der Waals surface area contributed by atoms with E-state index in [9.17, 15) is 10.1 Å². The van der Waals surface area contributed by atoms with Gasteiger partial charge in [0.15, 0.2) is 5.92 Å². The minimum Gasteiger partial charge on any atom is -0.331 e. The third kappa shape index (κ3) is 4.26. The largest absolute Gasteiger partial charge is 0.331 e. The second kappa shape index (κ2) is 9.36. The number of hydrogen-bond donors (Lipinski definition) is 2. The first kappa shape index (κ1) is 21.7. The van der Waals surface area contributed by atoms with Gasteiger partial charge in [-0.05, 0) is 12.8 Å². The summed E-state index contributed by atoms with van der Waals surface area (Å²) in [4.78, 5) is 21.7. The van der Waals surface area contributed by atoms with Crippen LogP contribution in [-0.4, -0.2) is 48.5 Å². The minimum absolute atomic E-state index is 0.175. The SMILES string of the molecule is N#C[C@@H]1C(=O)NC(N2CC[NH+](C(c3ccccc3)c3ccccc3)CC2)=NC12CCCCC2. The number of nitriles is 1. The van der Waals surface area contributed by atoms with Gasteiger partial charge >= 0.3 is 0 Å². The van der Waals surface area contributed by atoms with E-state index in [1.807, 2.05) is 0 Å². The summed E-state index contributed by atoms with van der Waals surface area (Å²) in [5.74, 6) is -0.164. The zero-order chi connectivity index (χ0) is 22.7. The summed E-state index contributed by atoms with van der Waals surface area (Å²) < 4.78 is 0. The molecule has 2 aromatic rings. The Morgan fingerprint density at radius 3 is 2.09 bits per heavy atom. The fourth-order valence-electron chi connectivity index (χ4n) is 5.87. The number of carbonyl (C=O) groups is 1. The van der Waals surface area contributed by atoms with Crippen LogP contribution in [0.2, 0.25) is 0 Å². The van der Waals surface area contributed by atoms with E-state index in [4.69, 9.17) is 4.99 Å². The Morgan fingerprint density at radius 1 is 0.970 bits per heavy atom. The number of guanidine groups is 1. The Kier molecular flexibility index (Phi) is 6.15. The molecular formula is C27H32N5O+. The van der Waals surface area contributed by atoms with E-state index in [0.717, 1.165) is 58.3 Å². The van der Waals surface area contributed by atoms with Crippen LogP contribution in [0.4, 0.5) is 0 Å². The number of aliphatic imine (C=N–C) groups is 1. The monoisotopic (exact) mass is 442 g/mol. The van der Waals surface area contributed by atoms with Crippen molar-refractivity contribution < 1.29 is 9.69 Å². The summed E-state index contributed by atoms with van der Waals surface area (Å²) in [6, 6.07) is 24.0. The lowest BCUT2D eigenvalue weighted by Gasteiger charge is -2.43. The van der Waals surface area contributed by atoms with Crippen molar-refractivity contribution in [1.29, 1.82) is 5.26 Å². The van der Waals surface area contributed by atoms with Crippen LogP contribution in [0, 0.1) is 17.2 Å². The summed E-state index contributed by atoms with van der Waals surface area (Å²) in [5.41, 5.74) is 2.12. The molecule has 2 aliphatic heterocycles. The highest BCUT2D eigenvalue weighted by atomic mass is 16.2. The number of quaternary nitrogens is 1. The molecule has 6 heteroatoms. The van der Waals surface area contributed by atoms with Crippen molar-refractivity contribution in [3.8, 4) is 6.07 Å². The highest BCUT2D eigenvalue weighted by Crippen LogP contribution is 2.39. The molecule has 2 heterocycles. The van der Waals surface area contributed by atoms with Crippen LogP contribution in [0.3, 0.4) is 0 Å². The topological polar surface area (TPSA) is 72.9 Å². The predicted molar refractivity (Wildman–Crippen MR) is 127 cm³/mol. The van der Waals surface area contributed by atoms with Crippen molar-refractivity contribution in [2.24, 2.45) is 10.9 Å². The second-order valence-electron chi connectivity index (χ2n) is 9.55. The van der Waals surface area contributed by atoms with Gasteiger partial charge in [0.1, 0.15) is 6.04 Å². The zero-order valence-corrected chi connectivity index (χ0v) is 19.0. The van der Waals surface area contributed by atoms with Crippen molar-refractivity contribution in [1.82, 2.24) is 10.2 Å². The first-order valence-electron chi connectivity index (χ1n) is 12.2. The number of nitrogens with one attached hydrogen (secondary N) is 2. The van der Waals surface area contributed by atoms with E-state index in [1.54, 1.807) is 0 Å². The lowest BCUT2D eigenvalue weighted by atomic mass is 9.72. The van der Waals surface area contributed by atoms with E-state index >= 15 is 0 Å². The van der Waals surface area contributed by atoms with Gasteiger partial charge in [-0.2, -0.15) is 5.26 Å². The Bertz CT molecular complexity index is 992. The molecule has 0 bridgehead atoms. The summed E-state index contributed by atoms with van der Waals surface area (Å²) in [6.07, 6.45) is 4.90. The number of amides is 1. The van der Waals surface area contributed by atoms with E-state index < -0.39 is 11.5 Å². The number of hydrogen-bond acceptors (Lipinski definition) is 4. The van der Waals surface area contributed by atoms with Crippen LogP contribution in [-0.2, 0) is 4.79 Å². The van der Waals surface area contributed by atoms with Gasteiger partial charge in [0.25, 0.3) is 0 Å². The summed E-state index contributed by atoms with van der Waals surface area (Å²) in [5, 5.41) is 12.7. The van der Waals surface area contributed by atoms with E-state index in [2.05, 4.69) is 76.9 Å². The van der Waals surface area contributed by atoms with E-state index in [0.29, 0.717) is 5.96 Å². The van der Waals surface area contributed by atoms with Gasteiger partial charge in [-0.1, -0.05) is 79.9 Å². The van der Waals surface area contributed by atoms with Gasteiger partial charge in [-0.15, -0.1) is 0 Å². The van der Waals surface area contributed by atoms with Crippen molar-refractivity contribution in [3.63, 3.8) is 0 Å². The number of rotatable bonds is 3. The smallest absolute Gasteiger partial charge is 0.246 e. The first-order chi connectivity index (χ1) is 16.2. The molecule has 2 fully saturated rings. The van der Waals surface area contributed by atoms with Gasteiger partial charge in [0.2, 0.25) is 11.9 Å². The lowest BCUT2D eigenvalue weighted by molar-refractivity contribution is -0.929. The van der Waals surface area contributed by atoms with Gasteiger partial charge in [-0.25, -0.2) is 4.99 Å². The number of carbonyl (C=O) groups excluding carboxylic acids is 1. The number of nitrogens with zero attached hydrogens (tertiary/aromatic N) is 3. The molecule has 5 rings (SSSR count). The Labute approximate surface area is 195 Å². The quantitative estimate of drug-likeness (QED) is 0.766. The van der Waals surface area contributed by atoms with Crippen molar-refractivity contribution in [3.05, 3.63) is 71.8 Å². The molecule has 1 saturated heterocycles. The molecule has 170 valence electrons. The summed E-state index contributed by atoms with van der Waals surface area (Å²) in [7, 11) is 0. The van der Waals surface area contributed by atoms with E-state index in [-0.39, 0.29) is 11.9 Å². The first-order valence-corrected chi connectivity index (χ1v) is 12.2. The summed E-state index contributed by atoms with van der Waals surface area (Å²) >= 11 is 0. The van der Waals surface area contributed by atoms with Crippen molar-refractivity contribution in [2.45, 2.75) is 43.7 Å². The van der Waals surface area contributed by atoms with Crippen molar-refractivity contribution >= 4 is 11.9 Å². The van der Waals surface area contributed by atoms with E-state index in [1.165, 1.54) is 16.0 Å². The van der Waals surface area contributed by atoms with Crippen LogP contribution in [0.25, 0.3) is 0 Å². The van der Waals surface area contributed by atoms with Crippen LogP contribution in [0.5, 0.6) is 0 Å². The average Bonchev–Trinajstić information content (AvgIpc) is 2.86. The van der Waals surface area contributed by atoms with Crippen LogP contribution >= 0.6 is 0 Å². The minimum atomic E-state index is -0.672. The highest BCUT2D eigenvalue weighted by Gasteiger charge is 2.48. The maximum absolute atomic E-state index is 12.8. The molecular weight excluding hydrogens is 410 g/mol. The Hall–Kier alpha value is -3.17. The molecule has 33 heavy (non-hydrogen) atoms. The molecule has 1 amide bonds. The van der Waals surface area contributed by atoms with Crippen LogP contribution in [0.1, 0.15) is 49.3 Å². The lowest BCUT2D eigenvalue weighted by Crippen LogP contribution is -3.15. The normalized spacial score (nSPS) is 23.2. The molecule has 2 N–H and O–H groups in total. The third-order valence-electron chi connectivity index (χ3n) is 7.59. The Morgan fingerprint density at radius 2 is 1.55 bits per heavy atom. The molecule has 1 spiro atoms. The van der Waals surface area contributed by atoms with Gasteiger partial charge in [-0.3, -0.25) is 10.1 Å². The predicted octanol–water partition coefficient (Wildman–Crippen LogP) is 2.30. The summed E-state index contributed by atoms with van der Waals surface area (Å²) in [6.45, 7) is 3.58. The third-order valence-corrected chi connectivity index (χ3v) is 7.59. The standard InChI is InChI=1S/C27H31N5O/c28-20-23-25(33)29-26(30-27(23)14-8-3-9-15-27)32-18-16-31(17-19-32)24(21-10-4-1-5-11-21)22-12-6-2-7-13-22/h1-2,4-7,10-13,23-24H,3,8-9,14-19H2,(H,29,30,33)/p+1/t23-/m1/s1. The number of piperazine rings is 1. The fraction of sp³-hybridized carbons (Fsp3) is 0.444. The van der Waals surface area contributed by atoms with Crippen LogP contribution < -0.4 is 10.2 Å². The molecule has 3 aliphatic rings. The molecule has 1 atom stereocenters. The number of benzene rings is 2. The highest BCUT2D eigenvalue weighted by molar-refractivity contribution is 6.02. The Balaban J connectivity index is 1.36. The molecule has 0 unspecified atom stereocenters. The maximum atomic E-state index is 12.8. The van der Waals surface area contributed by atoms with Crippen LogP contribution in [0.15, 0.2) is 65.7 Å². The fourth-order valence-corrected chi connectivity index (χ4v) is 5.87. The molecule has 2 aromatic carbocycles. The van der Waals surface area contributed by atoms with Gasteiger partial charge < -0.3 is 9.80 Å². The maximum Gasteiger partial charge on any atom is 0.246 e. The van der Waals surface area contributed by atoms with Crippen molar-refractivity contribution in [2.75, 3.05) is 26.2 Å². The van der Waals surface area contributed by atoms with Gasteiger partial charge in [0.05, 0.1) is 37.8 Å². The second-order valence-corrected chi connectivity index (χ2v) is 9.55. The zero-order valence-electron chi connectivity index (χ0n) is 19.0. The average molecular weight is 443 g/mol. The molecule has 1 aliphatic carbocycles.